The second kappa shape index (κ2) is 6.58. The maximum atomic E-state index is 12.5. The first kappa shape index (κ1) is 17.0. The van der Waals surface area contributed by atoms with Gasteiger partial charge in [0.1, 0.15) is 6.10 Å². The minimum atomic E-state index is -0.770. The lowest BCUT2D eigenvalue weighted by atomic mass is 10.1. The van der Waals surface area contributed by atoms with Crippen LogP contribution in [0.1, 0.15) is 42.9 Å². The van der Waals surface area contributed by atoms with Crippen molar-refractivity contribution in [3.63, 3.8) is 0 Å². The lowest BCUT2D eigenvalue weighted by molar-refractivity contribution is 0.0627. The van der Waals surface area contributed by atoms with E-state index in [0.717, 1.165) is 5.56 Å². The Balaban J connectivity index is 1.96. The van der Waals surface area contributed by atoms with E-state index in [1.54, 1.807) is 11.8 Å². The maximum absolute atomic E-state index is 12.5. The van der Waals surface area contributed by atoms with Crippen molar-refractivity contribution in [2.75, 3.05) is 6.54 Å². The van der Waals surface area contributed by atoms with E-state index in [0.29, 0.717) is 13.1 Å². The van der Waals surface area contributed by atoms with Gasteiger partial charge in [-0.1, -0.05) is 30.3 Å². The van der Waals surface area contributed by atoms with Crippen molar-refractivity contribution in [2.24, 2.45) is 0 Å². The van der Waals surface area contributed by atoms with Gasteiger partial charge in [-0.2, -0.15) is 0 Å². The fourth-order valence-electron chi connectivity index (χ4n) is 2.88. The first-order valence-electron chi connectivity index (χ1n) is 8.26. The highest BCUT2D eigenvalue weighted by atomic mass is 16.5. The van der Waals surface area contributed by atoms with Gasteiger partial charge in [0.15, 0.2) is 5.69 Å². The molecule has 1 aliphatic heterocycles. The smallest absolute Gasteiger partial charge is 0.285 e. The van der Waals surface area contributed by atoms with Crippen LogP contribution in [0.4, 0.5) is 0 Å². The minimum absolute atomic E-state index is 0.0234. The molecule has 0 bridgehead atoms. The summed E-state index contributed by atoms with van der Waals surface area (Å²) in [7, 11) is 0. The molecule has 1 atom stereocenters. The number of rotatable bonds is 4. The Morgan fingerprint density at radius 1 is 1.12 bits per heavy atom. The van der Waals surface area contributed by atoms with Gasteiger partial charge < -0.3 is 14.7 Å². The Morgan fingerprint density at radius 2 is 1.80 bits per heavy atom. The Kier molecular flexibility index (Phi) is 4.48. The van der Waals surface area contributed by atoms with E-state index in [1.807, 2.05) is 44.2 Å². The van der Waals surface area contributed by atoms with Crippen LogP contribution in [0.5, 0.6) is 11.6 Å². The third kappa shape index (κ3) is 3.09. The molecule has 1 N–H and O–H groups in total. The van der Waals surface area contributed by atoms with E-state index in [2.05, 4.69) is 5.10 Å². The largest absolute Gasteiger partial charge is 0.502 e. The van der Waals surface area contributed by atoms with E-state index in [1.165, 1.54) is 4.68 Å². The van der Waals surface area contributed by atoms with Crippen molar-refractivity contribution >= 4 is 5.91 Å². The molecule has 1 aromatic carbocycles. The first-order chi connectivity index (χ1) is 11.9. The van der Waals surface area contributed by atoms with Crippen LogP contribution in [0.25, 0.3) is 0 Å². The van der Waals surface area contributed by atoms with E-state index < -0.39 is 23.2 Å². The summed E-state index contributed by atoms with van der Waals surface area (Å²) in [4.78, 5) is 26.5. The zero-order valence-electron chi connectivity index (χ0n) is 14.5. The topological polar surface area (TPSA) is 84.7 Å². The van der Waals surface area contributed by atoms with Gasteiger partial charge in [-0.05, 0) is 26.3 Å². The number of hydrogen-bond donors (Lipinski definition) is 1. The van der Waals surface area contributed by atoms with Gasteiger partial charge in [-0.3, -0.25) is 14.3 Å². The highest BCUT2D eigenvalue weighted by Gasteiger charge is 2.32. The third-order valence-corrected chi connectivity index (χ3v) is 4.30. The maximum Gasteiger partial charge on any atom is 0.285 e. The van der Waals surface area contributed by atoms with Crippen molar-refractivity contribution in [2.45, 2.75) is 39.5 Å². The van der Waals surface area contributed by atoms with E-state index in [-0.39, 0.29) is 17.6 Å². The molecule has 1 amide bonds. The predicted molar refractivity (Wildman–Crippen MR) is 91.8 cm³/mol. The van der Waals surface area contributed by atoms with Crippen LogP contribution >= 0.6 is 0 Å². The summed E-state index contributed by atoms with van der Waals surface area (Å²) in [5.41, 5.74) is 0.0330. The lowest BCUT2D eigenvalue weighted by Gasteiger charge is -2.32. The Morgan fingerprint density at radius 3 is 2.44 bits per heavy atom. The molecular weight excluding hydrogens is 322 g/mol. The molecule has 0 aliphatic carbocycles. The molecule has 1 aromatic heterocycles. The Labute approximate surface area is 145 Å². The molecule has 0 spiro atoms. The molecule has 0 unspecified atom stereocenters. The summed E-state index contributed by atoms with van der Waals surface area (Å²) < 4.78 is 7.01. The summed E-state index contributed by atoms with van der Waals surface area (Å²) in [5.74, 6) is -1.21. The molecule has 7 nitrogen and oxygen atoms in total. The summed E-state index contributed by atoms with van der Waals surface area (Å²) in [5, 5.41) is 14.4. The van der Waals surface area contributed by atoms with Crippen molar-refractivity contribution in [1.29, 1.82) is 0 Å². The Bertz CT molecular complexity index is 845. The second-order valence-corrected chi connectivity index (χ2v) is 6.32. The van der Waals surface area contributed by atoms with Crippen LogP contribution in [0.2, 0.25) is 0 Å². The van der Waals surface area contributed by atoms with Gasteiger partial charge in [0.25, 0.3) is 17.2 Å². The molecule has 2 aromatic rings. The molecule has 7 heteroatoms. The first-order valence-corrected chi connectivity index (χ1v) is 8.26. The predicted octanol–water partition coefficient (Wildman–Crippen LogP) is 1.95. The van der Waals surface area contributed by atoms with Crippen molar-refractivity contribution < 1.29 is 14.6 Å². The SMILES string of the molecule is CC(C)N1CCn2nc(O[C@@H](C)c3ccccc3)c(=O)c(O)c2C1=O. The van der Waals surface area contributed by atoms with Crippen molar-refractivity contribution in [1.82, 2.24) is 14.7 Å². The number of carbonyl (C=O) groups excluding carboxylic acids is 1. The molecule has 3 rings (SSSR count). The summed E-state index contributed by atoms with van der Waals surface area (Å²) >= 11 is 0. The van der Waals surface area contributed by atoms with Gasteiger partial charge in [-0.25, -0.2) is 0 Å². The van der Waals surface area contributed by atoms with Gasteiger partial charge in [-0.15, -0.1) is 5.10 Å². The number of amides is 1. The van der Waals surface area contributed by atoms with Crippen LogP contribution < -0.4 is 10.2 Å². The van der Waals surface area contributed by atoms with Crippen LogP contribution in [0.15, 0.2) is 35.1 Å². The van der Waals surface area contributed by atoms with Gasteiger partial charge in [0.05, 0.1) is 6.54 Å². The third-order valence-electron chi connectivity index (χ3n) is 4.30. The molecular formula is C18H21N3O4. The zero-order chi connectivity index (χ0) is 18.1. The molecule has 2 heterocycles. The molecule has 0 fully saturated rings. The quantitative estimate of drug-likeness (QED) is 0.917. The minimum Gasteiger partial charge on any atom is -0.502 e. The fraction of sp³-hybridized carbons (Fsp3) is 0.389. The summed E-state index contributed by atoms with van der Waals surface area (Å²) in [6.45, 7) is 6.42. The zero-order valence-corrected chi connectivity index (χ0v) is 14.5. The standard InChI is InChI=1S/C18H21N3O4/c1-11(2)20-9-10-21-14(18(20)24)15(22)16(23)17(19-21)25-12(3)13-7-5-4-6-8-13/h4-8,11-12,22H,9-10H2,1-3H3/t12-/m0/s1. The summed E-state index contributed by atoms with van der Waals surface area (Å²) in [6, 6.07) is 9.37. The number of fused-ring (bicyclic) bond motifs is 1. The molecule has 0 saturated carbocycles. The highest BCUT2D eigenvalue weighted by molar-refractivity contribution is 5.95. The average molecular weight is 343 g/mol. The monoisotopic (exact) mass is 343 g/mol. The number of nitrogens with zero attached hydrogens (tertiary/aromatic N) is 3. The van der Waals surface area contributed by atoms with Gasteiger partial charge >= 0.3 is 0 Å². The normalized spacial score (nSPS) is 15.2. The fourth-order valence-corrected chi connectivity index (χ4v) is 2.88. The Hall–Kier alpha value is -2.83. The van der Waals surface area contributed by atoms with Crippen LogP contribution in [0, 0.1) is 0 Å². The van der Waals surface area contributed by atoms with Crippen molar-refractivity contribution in [3.8, 4) is 11.6 Å². The number of carbonyl (C=O) groups is 1. The number of benzene rings is 1. The average Bonchev–Trinajstić information content (AvgIpc) is 2.59. The molecule has 0 radical (unpaired) electrons. The molecule has 0 saturated heterocycles. The van der Waals surface area contributed by atoms with Crippen LogP contribution in [-0.4, -0.2) is 38.3 Å². The van der Waals surface area contributed by atoms with E-state index in [4.69, 9.17) is 4.74 Å². The van der Waals surface area contributed by atoms with Gasteiger partial charge in [0.2, 0.25) is 5.75 Å². The van der Waals surface area contributed by atoms with E-state index in [9.17, 15) is 14.7 Å². The molecule has 1 aliphatic rings. The lowest BCUT2D eigenvalue weighted by Crippen LogP contribution is -2.46. The highest BCUT2D eigenvalue weighted by Crippen LogP contribution is 2.24. The summed E-state index contributed by atoms with van der Waals surface area (Å²) in [6.07, 6.45) is -0.411. The van der Waals surface area contributed by atoms with Gasteiger partial charge in [0, 0.05) is 12.6 Å². The number of aromatic hydroxyl groups is 1. The van der Waals surface area contributed by atoms with Crippen LogP contribution in [0.3, 0.4) is 0 Å². The number of ether oxygens (including phenoxy) is 1. The molecule has 25 heavy (non-hydrogen) atoms. The van der Waals surface area contributed by atoms with Crippen molar-refractivity contribution in [3.05, 3.63) is 51.8 Å². The number of aromatic nitrogens is 2. The van der Waals surface area contributed by atoms with Crippen LogP contribution in [-0.2, 0) is 6.54 Å². The molecule has 132 valence electrons. The van der Waals surface area contributed by atoms with E-state index >= 15 is 0 Å². The second-order valence-electron chi connectivity index (χ2n) is 6.32. The number of hydrogen-bond acceptors (Lipinski definition) is 5.